The van der Waals surface area contributed by atoms with Crippen molar-refractivity contribution in [3.63, 3.8) is 0 Å². The average Bonchev–Trinajstić information content (AvgIpc) is 2.27. The first kappa shape index (κ1) is 16.2. The summed E-state index contributed by atoms with van der Waals surface area (Å²) in [4.78, 5) is 32.8. The smallest absolute Gasteiger partial charge is 0.315 e. The van der Waals surface area contributed by atoms with Crippen LogP contribution in [-0.2, 0) is 14.3 Å². The van der Waals surface area contributed by atoms with E-state index >= 15 is 0 Å². The van der Waals surface area contributed by atoms with Crippen molar-refractivity contribution in [1.82, 2.24) is 10.6 Å². The molecule has 0 aromatic rings. The van der Waals surface area contributed by atoms with Crippen molar-refractivity contribution in [2.45, 2.75) is 39.2 Å². The number of nitrogens with one attached hydrogen (secondary N) is 2. The van der Waals surface area contributed by atoms with Gasteiger partial charge in [-0.2, -0.15) is 0 Å². The molecule has 0 aliphatic carbocycles. The second-order valence-corrected chi connectivity index (χ2v) is 3.66. The van der Waals surface area contributed by atoms with E-state index in [0.717, 1.165) is 0 Å². The Morgan fingerprint density at radius 3 is 2.44 bits per heavy atom. The van der Waals surface area contributed by atoms with Gasteiger partial charge in [0.1, 0.15) is 0 Å². The number of hydrogen-bond donors (Lipinski definition) is 3. The monoisotopic (exact) mass is 260 g/mol. The van der Waals surface area contributed by atoms with Gasteiger partial charge in [0.2, 0.25) is 0 Å². The predicted octanol–water partition coefficient (Wildman–Crippen LogP) is 0.492. The number of carbonyl (C=O) groups excluding carboxylic acids is 2. The van der Waals surface area contributed by atoms with Crippen LogP contribution in [-0.4, -0.2) is 42.3 Å². The van der Waals surface area contributed by atoms with Crippen molar-refractivity contribution in [2.75, 3.05) is 13.2 Å². The van der Waals surface area contributed by atoms with Crippen LogP contribution < -0.4 is 10.6 Å². The lowest BCUT2D eigenvalue weighted by Crippen LogP contribution is -2.43. The fraction of sp³-hybridized carbons (Fsp3) is 0.727. The molecule has 0 fully saturated rings. The van der Waals surface area contributed by atoms with Crippen molar-refractivity contribution in [3.8, 4) is 0 Å². The van der Waals surface area contributed by atoms with Gasteiger partial charge in [0.05, 0.1) is 19.4 Å². The van der Waals surface area contributed by atoms with E-state index in [1.165, 1.54) is 0 Å². The molecule has 3 N–H and O–H groups in total. The summed E-state index contributed by atoms with van der Waals surface area (Å²) in [6.07, 6.45) is 0.496. The molecule has 0 radical (unpaired) electrons. The zero-order chi connectivity index (χ0) is 14.0. The van der Waals surface area contributed by atoms with E-state index in [1.807, 2.05) is 0 Å². The summed E-state index contributed by atoms with van der Waals surface area (Å²) >= 11 is 0. The van der Waals surface area contributed by atoms with Crippen LogP contribution >= 0.6 is 0 Å². The molecule has 0 aromatic heterocycles. The highest BCUT2D eigenvalue weighted by Gasteiger charge is 2.13. The van der Waals surface area contributed by atoms with E-state index in [1.54, 1.807) is 13.8 Å². The SMILES string of the molecule is CCOC(=O)CCNC(=O)NC(CC)CC(=O)O. The molecule has 104 valence electrons. The number of ether oxygens (including phenoxy) is 1. The third-order valence-electron chi connectivity index (χ3n) is 2.17. The Morgan fingerprint density at radius 1 is 1.28 bits per heavy atom. The van der Waals surface area contributed by atoms with E-state index in [2.05, 4.69) is 10.6 Å². The summed E-state index contributed by atoms with van der Waals surface area (Å²) in [5, 5.41) is 13.6. The Balaban J connectivity index is 3.81. The normalized spacial score (nSPS) is 11.4. The number of carboxylic acid groups (broad SMARTS) is 1. The maximum absolute atomic E-state index is 11.4. The molecule has 0 spiro atoms. The van der Waals surface area contributed by atoms with E-state index in [-0.39, 0.29) is 25.4 Å². The third-order valence-corrected chi connectivity index (χ3v) is 2.17. The molecule has 0 aliphatic rings. The number of hydrogen-bond acceptors (Lipinski definition) is 4. The maximum atomic E-state index is 11.4. The Bertz CT molecular complexity index is 293. The molecule has 7 nitrogen and oxygen atoms in total. The van der Waals surface area contributed by atoms with Gasteiger partial charge in [-0.25, -0.2) is 4.79 Å². The lowest BCUT2D eigenvalue weighted by atomic mass is 10.1. The predicted molar refractivity (Wildman–Crippen MR) is 64.1 cm³/mol. The largest absolute Gasteiger partial charge is 0.481 e. The van der Waals surface area contributed by atoms with Crippen molar-refractivity contribution in [2.24, 2.45) is 0 Å². The van der Waals surface area contributed by atoms with Crippen LogP contribution in [0.1, 0.15) is 33.1 Å². The van der Waals surface area contributed by atoms with E-state index in [0.29, 0.717) is 13.0 Å². The molecule has 0 bridgehead atoms. The second kappa shape index (κ2) is 9.26. The molecule has 0 saturated carbocycles. The lowest BCUT2D eigenvalue weighted by molar-refractivity contribution is -0.143. The van der Waals surface area contributed by atoms with Gasteiger partial charge in [0, 0.05) is 12.6 Å². The maximum Gasteiger partial charge on any atom is 0.315 e. The zero-order valence-corrected chi connectivity index (χ0v) is 10.7. The second-order valence-electron chi connectivity index (χ2n) is 3.66. The van der Waals surface area contributed by atoms with Crippen molar-refractivity contribution in [3.05, 3.63) is 0 Å². The van der Waals surface area contributed by atoms with E-state index in [4.69, 9.17) is 9.84 Å². The van der Waals surface area contributed by atoms with Gasteiger partial charge in [-0.15, -0.1) is 0 Å². The Morgan fingerprint density at radius 2 is 1.94 bits per heavy atom. The summed E-state index contributed by atoms with van der Waals surface area (Å²) in [7, 11) is 0. The van der Waals surface area contributed by atoms with Crippen molar-refractivity contribution < 1.29 is 24.2 Å². The van der Waals surface area contributed by atoms with Gasteiger partial charge in [0.15, 0.2) is 0 Å². The van der Waals surface area contributed by atoms with Gasteiger partial charge < -0.3 is 20.5 Å². The number of amides is 2. The van der Waals surface area contributed by atoms with Gasteiger partial charge in [0.25, 0.3) is 0 Å². The Labute approximate surface area is 106 Å². The number of esters is 1. The molecule has 7 heteroatoms. The number of carbonyl (C=O) groups is 3. The molecule has 2 amide bonds. The molecule has 18 heavy (non-hydrogen) atoms. The van der Waals surface area contributed by atoms with Crippen LogP contribution in [0.15, 0.2) is 0 Å². The number of urea groups is 1. The first-order valence-electron chi connectivity index (χ1n) is 5.91. The zero-order valence-electron chi connectivity index (χ0n) is 10.7. The quantitative estimate of drug-likeness (QED) is 0.551. The van der Waals surface area contributed by atoms with Crippen LogP contribution in [0, 0.1) is 0 Å². The summed E-state index contributed by atoms with van der Waals surface area (Å²) in [5.41, 5.74) is 0. The molecule has 0 aromatic carbocycles. The minimum absolute atomic E-state index is 0.0942. The molecule has 0 aliphatic heterocycles. The van der Waals surface area contributed by atoms with Crippen LogP contribution in [0.4, 0.5) is 4.79 Å². The van der Waals surface area contributed by atoms with Crippen molar-refractivity contribution >= 4 is 18.0 Å². The van der Waals surface area contributed by atoms with Crippen LogP contribution in [0.3, 0.4) is 0 Å². The summed E-state index contributed by atoms with van der Waals surface area (Å²) in [5.74, 6) is -1.34. The number of carboxylic acids is 1. The van der Waals surface area contributed by atoms with Crippen molar-refractivity contribution in [1.29, 1.82) is 0 Å². The fourth-order valence-electron chi connectivity index (χ4n) is 1.26. The van der Waals surface area contributed by atoms with Gasteiger partial charge in [-0.3, -0.25) is 9.59 Å². The molecule has 0 heterocycles. The highest BCUT2D eigenvalue weighted by atomic mass is 16.5. The fourth-order valence-corrected chi connectivity index (χ4v) is 1.26. The number of aliphatic carboxylic acids is 1. The molecular weight excluding hydrogens is 240 g/mol. The average molecular weight is 260 g/mol. The summed E-state index contributed by atoms with van der Waals surface area (Å²) in [6.45, 7) is 3.96. The first-order valence-corrected chi connectivity index (χ1v) is 5.91. The molecule has 0 rings (SSSR count). The lowest BCUT2D eigenvalue weighted by Gasteiger charge is -2.15. The van der Waals surface area contributed by atoms with Gasteiger partial charge in [-0.05, 0) is 13.3 Å². The topological polar surface area (TPSA) is 105 Å². The standard InChI is InChI=1S/C11H20N2O5/c1-3-8(7-9(14)15)13-11(17)12-6-5-10(16)18-4-2/h8H,3-7H2,1-2H3,(H,14,15)(H2,12,13,17). The van der Waals surface area contributed by atoms with Gasteiger partial charge >= 0.3 is 18.0 Å². The molecule has 1 atom stereocenters. The Kier molecular flexibility index (Phi) is 8.34. The van der Waals surface area contributed by atoms with E-state index < -0.39 is 18.0 Å². The molecular formula is C11H20N2O5. The highest BCUT2D eigenvalue weighted by Crippen LogP contribution is 1.97. The van der Waals surface area contributed by atoms with Crippen LogP contribution in [0.5, 0.6) is 0 Å². The summed E-state index contributed by atoms with van der Waals surface area (Å²) < 4.78 is 4.69. The number of rotatable bonds is 8. The molecule has 0 saturated heterocycles. The first-order chi connectivity index (χ1) is 8.49. The summed E-state index contributed by atoms with van der Waals surface area (Å²) in [6, 6.07) is -0.891. The minimum Gasteiger partial charge on any atom is -0.481 e. The Hall–Kier alpha value is -1.79. The highest BCUT2D eigenvalue weighted by molar-refractivity contribution is 5.76. The minimum atomic E-state index is -0.964. The van der Waals surface area contributed by atoms with Crippen LogP contribution in [0.2, 0.25) is 0 Å². The van der Waals surface area contributed by atoms with E-state index in [9.17, 15) is 14.4 Å². The van der Waals surface area contributed by atoms with Gasteiger partial charge in [-0.1, -0.05) is 6.92 Å². The molecule has 1 unspecified atom stereocenters. The third kappa shape index (κ3) is 8.37. The van der Waals surface area contributed by atoms with Crippen LogP contribution in [0.25, 0.3) is 0 Å².